The summed E-state index contributed by atoms with van der Waals surface area (Å²) in [6.07, 6.45) is 4.58. The van der Waals surface area contributed by atoms with E-state index in [4.69, 9.17) is 0 Å². The van der Waals surface area contributed by atoms with Gasteiger partial charge in [0.25, 0.3) is 0 Å². The maximum Gasteiger partial charge on any atom is 0.319 e. The normalized spacial score (nSPS) is 15.7. The smallest absolute Gasteiger partial charge is 0.319 e. The molecule has 1 unspecified atom stereocenters. The second kappa shape index (κ2) is 7.29. The van der Waals surface area contributed by atoms with Gasteiger partial charge in [-0.25, -0.2) is 4.79 Å². The van der Waals surface area contributed by atoms with E-state index in [1.165, 1.54) is 0 Å². The van der Waals surface area contributed by atoms with E-state index < -0.39 is 0 Å². The number of amides is 3. The van der Waals surface area contributed by atoms with Crippen molar-refractivity contribution in [2.45, 2.75) is 45.3 Å². The fourth-order valence-electron chi connectivity index (χ4n) is 2.81. The van der Waals surface area contributed by atoms with E-state index in [1.807, 2.05) is 18.4 Å². The van der Waals surface area contributed by atoms with Crippen LogP contribution in [0, 0.1) is 0 Å². The van der Waals surface area contributed by atoms with Crippen LogP contribution in [0.4, 0.5) is 10.5 Å². The Morgan fingerprint density at radius 1 is 1.36 bits per heavy atom. The number of anilines is 1. The van der Waals surface area contributed by atoms with Crippen LogP contribution in [0.15, 0.2) is 24.5 Å². The molecule has 1 atom stereocenters. The minimum Gasteiger partial charge on any atom is -0.352 e. The molecule has 9 nitrogen and oxygen atoms in total. The summed E-state index contributed by atoms with van der Waals surface area (Å²) in [5.74, 6) is 1.29. The Bertz CT molecular complexity index is 757. The van der Waals surface area contributed by atoms with Crippen molar-refractivity contribution in [2.75, 3.05) is 5.32 Å². The Kier molecular flexibility index (Phi) is 4.92. The van der Waals surface area contributed by atoms with Crippen LogP contribution >= 0.6 is 0 Å². The molecule has 132 valence electrons. The average molecular weight is 343 g/mol. The van der Waals surface area contributed by atoms with Gasteiger partial charge in [-0.05, 0) is 32.4 Å². The third kappa shape index (κ3) is 3.93. The van der Waals surface area contributed by atoms with Crippen molar-refractivity contribution in [3.63, 3.8) is 0 Å². The highest BCUT2D eigenvalue weighted by Crippen LogP contribution is 2.26. The van der Waals surface area contributed by atoms with Crippen molar-refractivity contribution in [3.05, 3.63) is 36.2 Å². The molecule has 0 bridgehead atoms. The fraction of sp³-hybridized carbons (Fsp3) is 0.438. The zero-order chi connectivity index (χ0) is 17.8. The first-order valence-corrected chi connectivity index (χ1v) is 8.22. The third-order valence-corrected chi connectivity index (χ3v) is 3.85. The molecule has 0 saturated carbocycles. The van der Waals surface area contributed by atoms with Crippen molar-refractivity contribution >= 4 is 17.6 Å². The van der Waals surface area contributed by atoms with Gasteiger partial charge >= 0.3 is 6.03 Å². The number of fused-ring (bicyclic) bond motifs is 1. The number of nitrogens with zero attached hydrogens (tertiary/aromatic N) is 4. The number of carbonyl (C=O) groups excluding carboxylic acids is 2. The first-order valence-electron chi connectivity index (χ1n) is 8.22. The zero-order valence-electron chi connectivity index (χ0n) is 14.2. The molecule has 0 radical (unpaired) electrons. The Labute approximate surface area is 145 Å². The lowest BCUT2D eigenvalue weighted by Gasteiger charge is -2.17. The van der Waals surface area contributed by atoms with Crippen molar-refractivity contribution < 1.29 is 9.59 Å². The summed E-state index contributed by atoms with van der Waals surface area (Å²) in [6.45, 7) is 4.03. The van der Waals surface area contributed by atoms with Crippen molar-refractivity contribution in [1.82, 2.24) is 30.4 Å². The summed E-state index contributed by atoms with van der Waals surface area (Å²) >= 11 is 0. The summed E-state index contributed by atoms with van der Waals surface area (Å²) in [4.78, 5) is 28.3. The Morgan fingerprint density at radius 2 is 2.20 bits per heavy atom. The van der Waals surface area contributed by atoms with Gasteiger partial charge in [0.15, 0.2) is 5.82 Å². The first kappa shape index (κ1) is 16.9. The van der Waals surface area contributed by atoms with Crippen LogP contribution in [-0.4, -0.2) is 37.7 Å². The van der Waals surface area contributed by atoms with Crippen LogP contribution in [0.2, 0.25) is 0 Å². The Balaban J connectivity index is 1.63. The maximum absolute atomic E-state index is 12.4. The Morgan fingerprint density at radius 3 is 2.92 bits per heavy atom. The first-order chi connectivity index (χ1) is 12.0. The van der Waals surface area contributed by atoms with Gasteiger partial charge in [0.2, 0.25) is 5.91 Å². The molecule has 2 aromatic rings. The molecule has 3 heterocycles. The molecular formula is C16H21N7O2. The lowest BCUT2D eigenvalue weighted by atomic mass is 10.2. The van der Waals surface area contributed by atoms with Crippen molar-refractivity contribution in [1.29, 1.82) is 0 Å². The van der Waals surface area contributed by atoms with Crippen LogP contribution < -0.4 is 16.0 Å². The van der Waals surface area contributed by atoms with Crippen LogP contribution in [0.5, 0.6) is 0 Å². The molecule has 3 N–H and O–H groups in total. The highest BCUT2D eigenvalue weighted by molar-refractivity contribution is 5.88. The zero-order valence-corrected chi connectivity index (χ0v) is 14.2. The number of rotatable bonds is 5. The topological polar surface area (TPSA) is 114 Å². The summed E-state index contributed by atoms with van der Waals surface area (Å²) in [7, 11) is 0. The Hall–Kier alpha value is -2.97. The van der Waals surface area contributed by atoms with Crippen LogP contribution in [-0.2, 0) is 17.8 Å². The van der Waals surface area contributed by atoms with Gasteiger partial charge in [-0.2, -0.15) is 0 Å². The lowest BCUT2D eigenvalue weighted by molar-refractivity contribution is -0.124. The van der Waals surface area contributed by atoms with Gasteiger partial charge in [0.05, 0.1) is 18.4 Å². The molecule has 1 aliphatic rings. The molecule has 2 aromatic heterocycles. The number of aryl methyl sites for hydroxylation is 1. The van der Waals surface area contributed by atoms with Gasteiger partial charge in [-0.3, -0.25) is 9.78 Å². The molecule has 25 heavy (non-hydrogen) atoms. The largest absolute Gasteiger partial charge is 0.352 e. The van der Waals surface area contributed by atoms with E-state index in [2.05, 4.69) is 31.1 Å². The van der Waals surface area contributed by atoms with Crippen LogP contribution in [0.1, 0.15) is 38.0 Å². The van der Waals surface area contributed by atoms with E-state index >= 15 is 0 Å². The van der Waals surface area contributed by atoms with E-state index in [-0.39, 0.29) is 30.6 Å². The molecule has 0 fully saturated rings. The van der Waals surface area contributed by atoms with Gasteiger partial charge in [0, 0.05) is 18.7 Å². The van der Waals surface area contributed by atoms with E-state index in [9.17, 15) is 9.59 Å². The minimum atomic E-state index is -0.369. The molecule has 9 heteroatoms. The number of urea groups is 1. The molecule has 0 aliphatic carbocycles. The number of carbonyl (C=O) groups is 2. The summed E-state index contributed by atoms with van der Waals surface area (Å²) in [5, 5.41) is 16.6. The average Bonchev–Trinajstić information content (AvgIpc) is 3.15. The summed E-state index contributed by atoms with van der Waals surface area (Å²) in [5.41, 5.74) is 0.598. The predicted molar refractivity (Wildman–Crippen MR) is 90.8 cm³/mol. The number of hydrogen-bond donors (Lipinski definition) is 3. The van der Waals surface area contributed by atoms with Crippen LogP contribution in [0.3, 0.4) is 0 Å². The number of aromatic nitrogens is 4. The third-order valence-electron chi connectivity index (χ3n) is 3.85. The molecule has 0 spiro atoms. The van der Waals surface area contributed by atoms with Gasteiger partial charge in [-0.1, -0.05) is 0 Å². The van der Waals surface area contributed by atoms with E-state index in [0.717, 1.165) is 5.82 Å². The predicted octanol–water partition coefficient (Wildman–Crippen LogP) is 1.01. The number of pyridine rings is 1. The molecule has 3 amide bonds. The van der Waals surface area contributed by atoms with Gasteiger partial charge in [0.1, 0.15) is 11.9 Å². The monoisotopic (exact) mass is 343 g/mol. The van der Waals surface area contributed by atoms with Crippen molar-refractivity contribution in [3.8, 4) is 0 Å². The minimum absolute atomic E-state index is 0.0467. The maximum atomic E-state index is 12.4. The second-order valence-electron chi connectivity index (χ2n) is 6.17. The lowest BCUT2D eigenvalue weighted by Crippen LogP contribution is -2.37. The number of hydrogen-bond acceptors (Lipinski definition) is 5. The quantitative estimate of drug-likeness (QED) is 0.749. The van der Waals surface area contributed by atoms with E-state index in [1.54, 1.807) is 24.5 Å². The van der Waals surface area contributed by atoms with Gasteiger partial charge in [-0.15, -0.1) is 10.2 Å². The highest BCUT2D eigenvalue weighted by Gasteiger charge is 2.32. The molecule has 0 saturated heterocycles. The summed E-state index contributed by atoms with van der Waals surface area (Å²) in [6, 6.07) is 2.85. The standard InChI is InChI=1S/C16H21N7O2/c1-10(2)19-15(24)12-5-6-13-21-22-14(23(12)13)9-18-16(25)20-11-4-3-7-17-8-11/h3-4,7-8,10,12H,5-6,9H2,1-2H3,(H,19,24)(H2,18,20,25). The molecule has 0 aromatic carbocycles. The van der Waals surface area contributed by atoms with Crippen molar-refractivity contribution in [2.24, 2.45) is 0 Å². The molecular weight excluding hydrogens is 322 g/mol. The second-order valence-corrected chi connectivity index (χ2v) is 6.17. The SMILES string of the molecule is CC(C)NC(=O)C1CCc2nnc(CNC(=O)Nc3cccnc3)n21. The van der Waals surface area contributed by atoms with Crippen LogP contribution in [0.25, 0.3) is 0 Å². The molecule has 1 aliphatic heterocycles. The molecule has 3 rings (SSSR count). The van der Waals surface area contributed by atoms with E-state index in [0.29, 0.717) is 24.4 Å². The number of nitrogens with one attached hydrogen (secondary N) is 3. The summed E-state index contributed by atoms with van der Waals surface area (Å²) < 4.78 is 1.82. The highest BCUT2D eigenvalue weighted by atomic mass is 16.2. The fourth-order valence-corrected chi connectivity index (χ4v) is 2.81. The van der Waals surface area contributed by atoms with Gasteiger partial charge < -0.3 is 20.5 Å².